The minimum absolute atomic E-state index is 0.0578. The summed E-state index contributed by atoms with van der Waals surface area (Å²) in [5.41, 5.74) is -0.425. The summed E-state index contributed by atoms with van der Waals surface area (Å²) < 4.78 is 44.9. The maximum atomic E-state index is 12.7. The summed E-state index contributed by atoms with van der Waals surface area (Å²) in [6, 6.07) is 2.29. The SMILES string of the molecule is CC(C)Oc1cc(C=CC(=O)O)n(Cc2ncc(C(F)(F)F)cc2Cl)n1. The maximum absolute atomic E-state index is 12.7. The van der Waals surface area contributed by atoms with E-state index in [-0.39, 0.29) is 29.2 Å². The molecule has 2 rings (SSSR count). The summed E-state index contributed by atoms with van der Waals surface area (Å²) in [5, 5.41) is 12.8. The number of carboxylic acids is 1. The van der Waals surface area contributed by atoms with Gasteiger partial charge in [0.05, 0.1) is 34.6 Å². The lowest BCUT2D eigenvalue weighted by molar-refractivity contribution is -0.138. The number of rotatable bonds is 6. The van der Waals surface area contributed by atoms with Gasteiger partial charge in [-0.2, -0.15) is 13.2 Å². The molecule has 0 aliphatic carbocycles. The lowest BCUT2D eigenvalue weighted by atomic mass is 10.2. The number of pyridine rings is 1. The van der Waals surface area contributed by atoms with E-state index in [1.807, 2.05) is 0 Å². The van der Waals surface area contributed by atoms with Gasteiger partial charge in [-0.15, -0.1) is 5.10 Å². The van der Waals surface area contributed by atoms with Gasteiger partial charge >= 0.3 is 12.1 Å². The first kappa shape index (κ1) is 19.8. The molecule has 0 aliphatic heterocycles. The summed E-state index contributed by atoms with van der Waals surface area (Å²) in [6.07, 6.45) is -1.82. The number of hydrogen-bond donors (Lipinski definition) is 1. The number of hydrogen-bond acceptors (Lipinski definition) is 4. The molecule has 0 radical (unpaired) electrons. The summed E-state index contributed by atoms with van der Waals surface area (Å²) in [5.74, 6) is -0.914. The van der Waals surface area contributed by atoms with Crippen LogP contribution in [0.1, 0.15) is 30.8 Å². The second-order valence-electron chi connectivity index (χ2n) is 5.55. The molecule has 2 aromatic heterocycles. The Morgan fingerprint density at radius 2 is 2.12 bits per heavy atom. The predicted octanol–water partition coefficient (Wildman–Crippen LogP) is 3.88. The highest BCUT2D eigenvalue weighted by Crippen LogP contribution is 2.31. The Kier molecular flexibility index (Phi) is 5.91. The largest absolute Gasteiger partial charge is 0.478 e. The van der Waals surface area contributed by atoms with Crippen molar-refractivity contribution in [2.45, 2.75) is 32.7 Å². The number of alkyl halides is 3. The zero-order chi connectivity index (χ0) is 19.5. The first-order valence-corrected chi connectivity index (χ1v) is 7.81. The molecule has 0 bridgehead atoms. The predicted molar refractivity (Wildman–Crippen MR) is 88.0 cm³/mol. The second kappa shape index (κ2) is 7.77. The molecule has 0 atom stereocenters. The van der Waals surface area contributed by atoms with E-state index in [0.29, 0.717) is 11.9 Å². The highest BCUT2D eigenvalue weighted by atomic mass is 35.5. The summed E-state index contributed by atoms with van der Waals surface area (Å²) in [6.45, 7) is 3.53. The van der Waals surface area contributed by atoms with Gasteiger partial charge in [-0.3, -0.25) is 9.67 Å². The fourth-order valence-electron chi connectivity index (χ4n) is 2.00. The number of carbonyl (C=O) groups is 1. The molecule has 0 unspecified atom stereocenters. The van der Waals surface area contributed by atoms with E-state index < -0.39 is 17.7 Å². The van der Waals surface area contributed by atoms with Crippen LogP contribution in [0.3, 0.4) is 0 Å². The van der Waals surface area contributed by atoms with Gasteiger partial charge in [0.2, 0.25) is 5.88 Å². The van der Waals surface area contributed by atoms with Gasteiger partial charge in [0, 0.05) is 18.3 Å². The highest BCUT2D eigenvalue weighted by molar-refractivity contribution is 6.31. The van der Waals surface area contributed by atoms with E-state index in [1.165, 1.54) is 16.8 Å². The van der Waals surface area contributed by atoms with Gasteiger partial charge < -0.3 is 9.84 Å². The Balaban J connectivity index is 2.35. The minimum atomic E-state index is -4.55. The molecule has 26 heavy (non-hydrogen) atoms. The zero-order valence-corrected chi connectivity index (χ0v) is 14.5. The fraction of sp³-hybridized carbons (Fsp3) is 0.312. The van der Waals surface area contributed by atoms with Gasteiger partial charge in [-0.1, -0.05) is 11.6 Å². The van der Waals surface area contributed by atoms with Gasteiger partial charge in [-0.05, 0) is 26.0 Å². The topological polar surface area (TPSA) is 77.2 Å². The van der Waals surface area contributed by atoms with Crippen LogP contribution < -0.4 is 4.74 Å². The van der Waals surface area contributed by atoms with Crippen molar-refractivity contribution in [1.29, 1.82) is 0 Å². The quantitative estimate of drug-likeness (QED) is 0.758. The molecule has 0 amide bonds. The molecule has 0 saturated carbocycles. The molecule has 2 heterocycles. The van der Waals surface area contributed by atoms with Gasteiger partial charge in [0.15, 0.2) is 0 Å². The van der Waals surface area contributed by atoms with Crippen molar-refractivity contribution in [2.24, 2.45) is 0 Å². The molecule has 140 valence electrons. The molecule has 1 N–H and O–H groups in total. The number of aromatic nitrogens is 3. The number of halogens is 4. The molecule has 0 aliphatic rings. The van der Waals surface area contributed by atoms with Gasteiger partial charge in [-0.25, -0.2) is 4.79 Å². The van der Waals surface area contributed by atoms with Crippen LogP contribution in [0, 0.1) is 0 Å². The molecule has 6 nitrogen and oxygen atoms in total. The second-order valence-corrected chi connectivity index (χ2v) is 5.96. The number of nitrogens with zero attached hydrogens (tertiary/aromatic N) is 3. The Morgan fingerprint density at radius 3 is 2.65 bits per heavy atom. The van der Waals surface area contributed by atoms with Crippen LogP contribution in [-0.2, 0) is 17.5 Å². The Labute approximate surface area is 151 Å². The van der Waals surface area contributed by atoms with E-state index in [9.17, 15) is 18.0 Å². The van der Waals surface area contributed by atoms with Crippen LogP contribution >= 0.6 is 11.6 Å². The van der Waals surface area contributed by atoms with Crippen LogP contribution in [0.25, 0.3) is 6.08 Å². The van der Waals surface area contributed by atoms with E-state index >= 15 is 0 Å². The standard InChI is InChI=1S/C16H15ClF3N3O3/c1-9(2)26-14-6-11(3-4-15(24)25)23(22-14)8-13-12(17)5-10(7-21-13)16(18,19)20/h3-7,9H,8H2,1-2H3,(H,24,25). The van der Waals surface area contributed by atoms with E-state index in [0.717, 1.165) is 12.1 Å². The lowest BCUT2D eigenvalue weighted by Gasteiger charge is -2.10. The van der Waals surface area contributed by atoms with E-state index in [2.05, 4.69) is 10.1 Å². The van der Waals surface area contributed by atoms with E-state index in [4.69, 9.17) is 21.4 Å². The third-order valence-corrected chi connectivity index (χ3v) is 3.41. The average Bonchev–Trinajstić information content (AvgIpc) is 2.87. The Bertz CT molecular complexity index is 832. The Morgan fingerprint density at radius 1 is 1.42 bits per heavy atom. The van der Waals surface area contributed by atoms with Gasteiger partial charge in [0.1, 0.15) is 0 Å². The number of carboxylic acid groups (broad SMARTS) is 1. The fourth-order valence-corrected chi connectivity index (χ4v) is 2.23. The normalized spacial score (nSPS) is 12.1. The molecular formula is C16H15ClF3N3O3. The monoisotopic (exact) mass is 389 g/mol. The first-order chi connectivity index (χ1) is 12.1. The minimum Gasteiger partial charge on any atom is -0.478 e. The summed E-state index contributed by atoms with van der Waals surface area (Å²) >= 11 is 5.91. The molecule has 10 heteroatoms. The van der Waals surface area contributed by atoms with Crippen LogP contribution in [0.4, 0.5) is 13.2 Å². The maximum Gasteiger partial charge on any atom is 0.417 e. The van der Waals surface area contributed by atoms with Crippen molar-refractivity contribution in [3.63, 3.8) is 0 Å². The third kappa shape index (κ3) is 5.22. The molecule has 0 saturated heterocycles. The molecule has 2 aromatic rings. The smallest absolute Gasteiger partial charge is 0.417 e. The Hall–Kier alpha value is -2.55. The molecular weight excluding hydrogens is 375 g/mol. The molecule has 0 fully saturated rings. The van der Waals surface area contributed by atoms with Crippen LogP contribution in [0.5, 0.6) is 5.88 Å². The van der Waals surface area contributed by atoms with Crippen molar-refractivity contribution in [3.8, 4) is 5.88 Å². The third-order valence-electron chi connectivity index (χ3n) is 3.09. The van der Waals surface area contributed by atoms with Gasteiger partial charge in [0.25, 0.3) is 0 Å². The summed E-state index contributed by atoms with van der Waals surface area (Å²) in [7, 11) is 0. The van der Waals surface area contributed by atoms with Crippen LogP contribution in [0.2, 0.25) is 5.02 Å². The molecule has 0 spiro atoms. The van der Waals surface area contributed by atoms with E-state index in [1.54, 1.807) is 13.8 Å². The zero-order valence-electron chi connectivity index (χ0n) is 13.8. The average molecular weight is 390 g/mol. The van der Waals surface area contributed by atoms with Crippen molar-refractivity contribution in [1.82, 2.24) is 14.8 Å². The molecule has 0 aromatic carbocycles. The van der Waals surface area contributed by atoms with Crippen molar-refractivity contribution in [2.75, 3.05) is 0 Å². The number of aliphatic carboxylic acids is 1. The highest BCUT2D eigenvalue weighted by Gasteiger charge is 2.31. The van der Waals surface area contributed by atoms with Crippen molar-refractivity contribution in [3.05, 3.63) is 46.4 Å². The number of ether oxygens (including phenoxy) is 1. The van der Waals surface area contributed by atoms with Crippen molar-refractivity contribution < 1.29 is 27.8 Å². The van der Waals surface area contributed by atoms with Crippen LogP contribution in [0.15, 0.2) is 24.4 Å². The van der Waals surface area contributed by atoms with Crippen molar-refractivity contribution >= 4 is 23.6 Å². The summed E-state index contributed by atoms with van der Waals surface area (Å²) in [4.78, 5) is 14.5. The van der Waals surface area contributed by atoms with Crippen LogP contribution in [-0.4, -0.2) is 31.9 Å². The lowest BCUT2D eigenvalue weighted by Crippen LogP contribution is -2.11. The first-order valence-electron chi connectivity index (χ1n) is 7.43.